The molecule has 0 radical (unpaired) electrons. The van der Waals surface area contributed by atoms with Crippen molar-refractivity contribution in [3.8, 4) is 5.75 Å². The number of hydrogen-bond acceptors (Lipinski definition) is 4. The van der Waals surface area contributed by atoms with Gasteiger partial charge in [0, 0.05) is 18.0 Å². The molecule has 3 rings (SSSR count). The highest BCUT2D eigenvalue weighted by atomic mass is 35.5. The SMILES string of the molecule is O=C(CCN1C(=O)C2CCCCC2C1=O)NCCOc1ccc(Cl)cc1. The van der Waals surface area contributed by atoms with Crippen LogP contribution in [-0.4, -0.2) is 42.3 Å². The number of likely N-dealkylation sites (tertiary alicyclic amines) is 1. The smallest absolute Gasteiger partial charge is 0.233 e. The number of fused-ring (bicyclic) bond motifs is 1. The number of carbonyl (C=O) groups excluding carboxylic acids is 3. The highest BCUT2D eigenvalue weighted by molar-refractivity contribution is 6.30. The molecule has 0 aromatic heterocycles. The number of halogens is 1. The lowest BCUT2D eigenvalue weighted by atomic mass is 9.81. The van der Waals surface area contributed by atoms with Gasteiger partial charge in [0.05, 0.1) is 18.4 Å². The Kier molecular flexibility index (Phi) is 6.14. The molecule has 1 aromatic carbocycles. The first kappa shape index (κ1) is 18.7. The van der Waals surface area contributed by atoms with Gasteiger partial charge in [-0.1, -0.05) is 24.4 Å². The Bertz CT molecular complexity index is 653. The zero-order valence-corrected chi connectivity index (χ0v) is 15.3. The normalized spacial score (nSPS) is 22.3. The van der Waals surface area contributed by atoms with Crippen molar-refractivity contribution < 1.29 is 19.1 Å². The summed E-state index contributed by atoms with van der Waals surface area (Å²) in [6, 6.07) is 6.98. The maximum absolute atomic E-state index is 12.3. The fourth-order valence-electron chi connectivity index (χ4n) is 3.64. The minimum Gasteiger partial charge on any atom is -0.492 e. The van der Waals surface area contributed by atoms with E-state index in [1.807, 2.05) is 0 Å². The van der Waals surface area contributed by atoms with E-state index in [0.717, 1.165) is 25.7 Å². The molecule has 2 unspecified atom stereocenters. The maximum atomic E-state index is 12.3. The number of benzene rings is 1. The molecule has 140 valence electrons. The van der Waals surface area contributed by atoms with Crippen LogP contribution < -0.4 is 10.1 Å². The first-order valence-electron chi connectivity index (χ1n) is 9.06. The third kappa shape index (κ3) is 4.36. The topological polar surface area (TPSA) is 75.7 Å². The minimum absolute atomic E-state index is 0.0985. The molecule has 1 saturated carbocycles. The van der Waals surface area contributed by atoms with Crippen molar-refractivity contribution in [3.05, 3.63) is 29.3 Å². The third-order valence-corrected chi connectivity index (χ3v) is 5.25. The Balaban J connectivity index is 1.37. The second kappa shape index (κ2) is 8.54. The molecule has 1 saturated heterocycles. The van der Waals surface area contributed by atoms with Crippen LogP contribution in [0.5, 0.6) is 5.75 Å². The van der Waals surface area contributed by atoms with Gasteiger partial charge in [0.25, 0.3) is 0 Å². The molecular weight excluding hydrogens is 356 g/mol. The lowest BCUT2D eigenvalue weighted by Crippen LogP contribution is -2.36. The maximum Gasteiger partial charge on any atom is 0.233 e. The second-order valence-electron chi connectivity index (χ2n) is 6.73. The Labute approximate surface area is 157 Å². The van der Waals surface area contributed by atoms with Crippen LogP contribution in [0.1, 0.15) is 32.1 Å². The molecule has 1 aliphatic heterocycles. The van der Waals surface area contributed by atoms with Crippen molar-refractivity contribution in [3.63, 3.8) is 0 Å². The van der Waals surface area contributed by atoms with Gasteiger partial charge in [-0.05, 0) is 37.1 Å². The molecule has 6 nitrogen and oxygen atoms in total. The summed E-state index contributed by atoms with van der Waals surface area (Å²) in [4.78, 5) is 37.9. The summed E-state index contributed by atoms with van der Waals surface area (Å²) in [6.07, 6.45) is 3.71. The standard InChI is InChI=1S/C19H23ClN2O4/c20-13-5-7-14(8-6-13)26-12-10-21-17(23)9-11-22-18(24)15-3-1-2-4-16(15)19(22)25/h5-8,15-16H,1-4,9-12H2,(H,21,23). The van der Waals surface area contributed by atoms with Crippen LogP contribution in [-0.2, 0) is 14.4 Å². The van der Waals surface area contributed by atoms with Crippen LogP contribution in [0, 0.1) is 11.8 Å². The van der Waals surface area contributed by atoms with Crippen molar-refractivity contribution in [2.75, 3.05) is 19.7 Å². The number of nitrogens with one attached hydrogen (secondary N) is 1. The van der Waals surface area contributed by atoms with E-state index in [1.54, 1.807) is 24.3 Å². The molecule has 1 N–H and O–H groups in total. The first-order chi connectivity index (χ1) is 12.6. The second-order valence-corrected chi connectivity index (χ2v) is 7.16. The molecule has 2 atom stereocenters. The van der Waals surface area contributed by atoms with Crippen LogP contribution in [0.15, 0.2) is 24.3 Å². The largest absolute Gasteiger partial charge is 0.492 e. The van der Waals surface area contributed by atoms with E-state index in [0.29, 0.717) is 23.9 Å². The molecule has 1 heterocycles. The van der Waals surface area contributed by atoms with Crippen LogP contribution in [0.25, 0.3) is 0 Å². The van der Waals surface area contributed by atoms with Gasteiger partial charge in [0.1, 0.15) is 12.4 Å². The average molecular weight is 379 g/mol. The summed E-state index contributed by atoms with van der Waals surface area (Å²) >= 11 is 5.80. The van der Waals surface area contributed by atoms with Crippen LogP contribution in [0.4, 0.5) is 0 Å². The van der Waals surface area contributed by atoms with Gasteiger partial charge in [-0.2, -0.15) is 0 Å². The van der Waals surface area contributed by atoms with E-state index in [2.05, 4.69) is 5.32 Å². The molecule has 2 fully saturated rings. The minimum atomic E-state index is -0.194. The highest BCUT2D eigenvalue weighted by Gasteiger charge is 2.47. The van der Waals surface area contributed by atoms with Gasteiger partial charge in [0.2, 0.25) is 17.7 Å². The summed E-state index contributed by atoms with van der Waals surface area (Å²) in [6.45, 7) is 0.849. The molecule has 1 aliphatic carbocycles. The van der Waals surface area contributed by atoms with Gasteiger partial charge < -0.3 is 10.1 Å². The molecule has 3 amide bonds. The number of ether oxygens (including phenoxy) is 1. The third-order valence-electron chi connectivity index (χ3n) is 5.00. The van der Waals surface area contributed by atoms with Crippen molar-refractivity contribution in [2.24, 2.45) is 11.8 Å². The van der Waals surface area contributed by atoms with Crippen LogP contribution in [0.2, 0.25) is 5.02 Å². The number of nitrogens with zero attached hydrogens (tertiary/aromatic N) is 1. The molecule has 0 spiro atoms. The quantitative estimate of drug-likeness (QED) is 0.584. The van der Waals surface area contributed by atoms with Gasteiger partial charge in [0.15, 0.2) is 0 Å². The van der Waals surface area contributed by atoms with E-state index < -0.39 is 0 Å². The van der Waals surface area contributed by atoms with E-state index >= 15 is 0 Å². The van der Waals surface area contributed by atoms with E-state index in [1.165, 1.54) is 4.90 Å². The molecular formula is C19H23ClN2O4. The number of rotatable bonds is 7. The predicted molar refractivity (Wildman–Crippen MR) is 96.7 cm³/mol. The van der Waals surface area contributed by atoms with Crippen molar-refractivity contribution in [2.45, 2.75) is 32.1 Å². The van der Waals surface area contributed by atoms with Crippen molar-refractivity contribution in [1.29, 1.82) is 0 Å². The summed E-state index contributed by atoms with van der Waals surface area (Å²) in [5, 5.41) is 3.38. The number of imide groups is 1. The van der Waals surface area contributed by atoms with Crippen molar-refractivity contribution >= 4 is 29.3 Å². The zero-order valence-electron chi connectivity index (χ0n) is 14.6. The van der Waals surface area contributed by atoms with E-state index in [-0.39, 0.29) is 42.5 Å². The number of carbonyl (C=O) groups is 3. The monoisotopic (exact) mass is 378 g/mol. The van der Waals surface area contributed by atoms with Crippen molar-refractivity contribution in [1.82, 2.24) is 10.2 Å². The predicted octanol–water partition coefficient (Wildman–Crippen LogP) is 2.40. The summed E-state index contributed by atoms with van der Waals surface area (Å²) in [5.74, 6) is -0.0315. The number of hydrogen-bond donors (Lipinski definition) is 1. The summed E-state index contributed by atoms with van der Waals surface area (Å²) in [7, 11) is 0. The van der Waals surface area contributed by atoms with Gasteiger partial charge in [-0.3, -0.25) is 19.3 Å². The fourth-order valence-corrected chi connectivity index (χ4v) is 3.77. The van der Waals surface area contributed by atoms with Crippen LogP contribution in [0.3, 0.4) is 0 Å². The molecule has 7 heteroatoms. The fraction of sp³-hybridized carbons (Fsp3) is 0.526. The summed E-state index contributed by atoms with van der Waals surface area (Å²) in [5.41, 5.74) is 0. The first-order valence-corrected chi connectivity index (χ1v) is 9.44. The Morgan fingerprint density at radius 2 is 1.73 bits per heavy atom. The zero-order chi connectivity index (χ0) is 18.5. The van der Waals surface area contributed by atoms with Gasteiger partial charge in [-0.25, -0.2) is 0 Å². The summed E-state index contributed by atoms with van der Waals surface area (Å²) < 4.78 is 5.50. The lowest BCUT2D eigenvalue weighted by molar-refractivity contribution is -0.140. The van der Waals surface area contributed by atoms with E-state index in [4.69, 9.17) is 16.3 Å². The van der Waals surface area contributed by atoms with E-state index in [9.17, 15) is 14.4 Å². The lowest BCUT2D eigenvalue weighted by Gasteiger charge is -2.19. The molecule has 2 aliphatic rings. The van der Waals surface area contributed by atoms with Crippen LogP contribution >= 0.6 is 11.6 Å². The Morgan fingerprint density at radius 1 is 1.12 bits per heavy atom. The van der Waals surface area contributed by atoms with Gasteiger partial charge >= 0.3 is 0 Å². The Hall–Kier alpha value is -2.08. The average Bonchev–Trinajstić information content (AvgIpc) is 2.89. The molecule has 1 aromatic rings. The Morgan fingerprint density at radius 3 is 2.35 bits per heavy atom. The molecule has 26 heavy (non-hydrogen) atoms. The number of amides is 3. The van der Waals surface area contributed by atoms with Gasteiger partial charge in [-0.15, -0.1) is 0 Å². The highest BCUT2D eigenvalue weighted by Crippen LogP contribution is 2.37. The molecule has 0 bridgehead atoms.